The fraction of sp³-hybridized carbons (Fsp3) is 0.500. The minimum Gasteiger partial charge on any atom is -0.790 e. The zero-order valence-corrected chi connectivity index (χ0v) is 20.6. The molecule has 2 aromatic rings. The van der Waals surface area contributed by atoms with E-state index < -0.39 is 39.0 Å². The van der Waals surface area contributed by atoms with Crippen LogP contribution in [0.25, 0.3) is 11.2 Å². The van der Waals surface area contributed by atoms with Gasteiger partial charge in [-0.05, 0) is 0 Å². The molecule has 0 unspecified atom stereocenters. The number of hydrogen-bond acceptors (Lipinski definition) is 11. The Morgan fingerprint density at radius 1 is 1.28 bits per heavy atom. The van der Waals surface area contributed by atoms with Crippen LogP contribution in [0.5, 0.6) is 0 Å². The van der Waals surface area contributed by atoms with E-state index in [1.165, 1.54) is 17.2 Å². The van der Waals surface area contributed by atoms with Crippen LogP contribution in [0.4, 0.5) is 5.82 Å². The topological polar surface area (TPSA) is 192 Å². The van der Waals surface area contributed by atoms with Crippen molar-refractivity contribution in [2.45, 2.75) is 24.5 Å². The monoisotopic (exact) mass is 423 g/mol. The molecule has 0 bridgehead atoms. The average molecular weight is 423 g/mol. The molecule has 15 heteroatoms. The molecular weight excluding hydrogens is 411 g/mol. The molecule has 3 rings (SSSR count). The number of nitrogens with zero attached hydrogens (tertiary/aromatic N) is 4. The predicted octanol–water partition coefficient (Wildman–Crippen LogP) is -9.12. The zero-order valence-electron chi connectivity index (χ0n) is 13.4. The number of aliphatic hydroxyl groups is 2. The molecular formula is C10H12K2N5O7P. The molecule has 4 atom stereocenters. The van der Waals surface area contributed by atoms with Crippen molar-refractivity contribution in [1.29, 1.82) is 0 Å². The van der Waals surface area contributed by atoms with Crippen molar-refractivity contribution in [2.24, 2.45) is 0 Å². The first kappa shape index (κ1) is 24.7. The maximum Gasteiger partial charge on any atom is 1.00 e. The Balaban J connectivity index is 0.00000156. The van der Waals surface area contributed by atoms with Crippen molar-refractivity contribution in [3.05, 3.63) is 12.7 Å². The van der Waals surface area contributed by atoms with Gasteiger partial charge in [-0.25, -0.2) is 15.0 Å². The third-order valence-corrected chi connectivity index (χ3v) is 3.86. The molecule has 1 saturated heterocycles. The SMILES string of the molecule is Nc1ncnc2c1ncn2[C@@H]1O[C@H](COP(=O)([O-])[O-])[C@@H](O)[C@H]1O.[K+].[K+]. The Morgan fingerprint density at radius 3 is 2.60 bits per heavy atom. The Hall–Kier alpha value is 1.61. The molecule has 4 N–H and O–H groups in total. The third kappa shape index (κ3) is 5.57. The summed E-state index contributed by atoms with van der Waals surface area (Å²) in [4.78, 5) is 32.8. The predicted molar refractivity (Wildman–Crippen MR) is 69.2 cm³/mol. The Labute approximate surface area is 226 Å². The molecule has 1 fully saturated rings. The van der Waals surface area contributed by atoms with Gasteiger partial charge in [-0.1, -0.05) is 0 Å². The number of nitrogens with two attached hydrogens (primary N) is 1. The van der Waals surface area contributed by atoms with E-state index in [0.29, 0.717) is 0 Å². The van der Waals surface area contributed by atoms with Gasteiger partial charge in [0.1, 0.15) is 30.2 Å². The van der Waals surface area contributed by atoms with Crippen molar-refractivity contribution in [1.82, 2.24) is 19.5 Å². The number of nitrogen functional groups attached to an aromatic ring is 1. The summed E-state index contributed by atoms with van der Waals surface area (Å²) in [6, 6.07) is 0. The fourth-order valence-corrected chi connectivity index (χ4v) is 2.65. The number of phosphoric ester groups is 1. The van der Waals surface area contributed by atoms with Gasteiger partial charge < -0.3 is 39.6 Å². The van der Waals surface area contributed by atoms with E-state index in [9.17, 15) is 24.6 Å². The minimum atomic E-state index is -5.22. The maximum absolute atomic E-state index is 10.5. The second-order valence-corrected chi connectivity index (χ2v) is 6.02. The number of imidazole rings is 1. The zero-order chi connectivity index (χ0) is 16.8. The summed E-state index contributed by atoms with van der Waals surface area (Å²) < 4.78 is 21.3. The molecule has 0 aliphatic carbocycles. The molecule has 1 aliphatic heterocycles. The van der Waals surface area contributed by atoms with Crippen molar-refractivity contribution in [2.75, 3.05) is 12.3 Å². The van der Waals surface area contributed by atoms with Gasteiger partial charge in [0.25, 0.3) is 0 Å². The summed E-state index contributed by atoms with van der Waals surface area (Å²) in [5.74, 6) is 0.125. The van der Waals surface area contributed by atoms with Crippen LogP contribution < -0.4 is 118 Å². The molecule has 12 nitrogen and oxygen atoms in total. The number of phosphoric acid groups is 1. The van der Waals surface area contributed by atoms with Crippen molar-refractivity contribution in [3.63, 3.8) is 0 Å². The van der Waals surface area contributed by atoms with Gasteiger partial charge in [-0.2, -0.15) is 0 Å². The van der Waals surface area contributed by atoms with Crippen molar-refractivity contribution < 1.29 is 137 Å². The van der Waals surface area contributed by atoms with E-state index in [2.05, 4.69) is 19.5 Å². The van der Waals surface area contributed by atoms with Gasteiger partial charge in [-0.15, -0.1) is 0 Å². The van der Waals surface area contributed by atoms with Crippen molar-refractivity contribution in [3.8, 4) is 0 Å². The van der Waals surface area contributed by atoms with Crippen LogP contribution in [0.2, 0.25) is 0 Å². The second-order valence-electron chi connectivity index (χ2n) is 4.87. The van der Waals surface area contributed by atoms with Crippen molar-refractivity contribution >= 4 is 24.8 Å². The maximum atomic E-state index is 10.5. The summed E-state index contributed by atoms with van der Waals surface area (Å²) in [6.45, 7) is -0.719. The largest absolute Gasteiger partial charge is 1.00 e. The number of hydrogen-bond donors (Lipinski definition) is 3. The molecule has 0 saturated carbocycles. The number of ether oxygens (including phenoxy) is 1. The Bertz CT molecular complexity index is 773. The third-order valence-electron chi connectivity index (χ3n) is 3.40. The van der Waals surface area contributed by atoms with E-state index in [4.69, 9.17) is 10.5 Å². The normalized spacial score (nSPS) is 26.2. The number of anilines is 1. The molecule has 126 valence electrons. The molecule has 1 aliphatic rings. The first-order valence-corrected chi connectivity index (χ1v) is 7.85. The number of aromatic nitrogens is 4. The van der Waals surface area contributed by atoms with Crippen LogP contribution in [-0.4, -0.2) is 54.7 Å². The first-order valence-electron chi connectivity index (χ1n) is 6.39. The molecule has 3 heterocycles. The van der Waals surface area contributed by atoms with Crippen LogP contribution in [0.1, 0.15) is 6.23 Å². The van der Waals surface area contributed by atoms with Crippen LogP contribution in [0, 0.1) is 0 Å². The average Bonchev–Trinajstić information content (AvgIpc) is 3.01. The van der Waals surface area contributed by atoms with Gasteiger partial charge in [0.2, 0.25) is 0 Å². The van der Waals surface area contributed by atoms with Gasteiger partial charge in [-0.3, -0.25) is 4.57 Å². The molecule has 0 amide bonds. The van der Waals surface area contributed by atoms with Crippen LogP contribution in [0.3, 0.4) is 0 Å². The summed E-state index contributed by atoms with van der Waals surface area (Å²) in [7, 11) is -5.22. The number of rotatable bonds is 4. The first-order chi connectivity index (χ1) is 10.8. The summed E-state index contributed by atoms with van der Waals surface area (Å²) in [6.07, 6.45) is -2.75. The number of aliphatic hydroxyl groups excluding tert-OH is 2. The number of fused-ring (bicyclic) bond motifs is 1. The smallest absolute Gasteiger partial charge is 0.790 e. The molecule has 0 aromatic carbocycles. The standard InChI is InChI=1S/C10H14N5O7P.2K/c11-8-5-9(13-2-12-8)15(3-14-5)10-7(17)6(16)4(22-10)1-21-23(18,19)20;;/h2-4,6-7,10,16-17H,1H2,(H2,11,12,13)(H2,18,19,20);;/q;2*+1/p-2/t4-,6-,7-,10-;;/m1../s1. The molecule has 0 spiro atoms. The van der Waals surface area contributed by atoms with Gasteiger partial charge in [0, 0.05) is 0 Å². The molecule has 0 radical (unpaired) electrons. The fourth-order valence-electron chi connectivity index (χ4n) is 2.32. The minimum absolute atomic E-state index is 0. The van der Waals surface area contributed by atoms with Gasteiger partial charge in [0.05, 0.1) is 20.8 Å². The summed E-state index contributed by atoms with van der Waals surface area (Å²) in [5.41, 5.74) is 6.19. The van der Waals surface area contributed by atoms with Crippen LogP contribution >= 0.6 is 7.82 Å². The Kier molecular flexibility index (Phi) is 9.75. The molecule has 2 aromatic heterocycles. The van der Waals surface area contributed by atoms with Crippen LogP contribution in [0.15, 0.2) is 12.7 Å². The van der Waals surface area contributed by atoms with E-state index in [-0.39, 0.29) is 120 Å². The summed E-state index contributed by atoms with van der Waals surface area (Å²) in [5, 5.41) is 20.0. The van der Waals surface area contributed by atoms with Gasteiger partial charge in [0.15, 0.2) is 17.7 Å². The second kappa shape index (κ2) is 9.89. The molecule has 25 heavy (non-hydrogen) atoms. The quantitative estimate of drug-likeness (QED) is 0.312. The Morgan fingerprint density at radius 2 is 1.96 bits per heavy atom. The van der Waals surface area contributed by atoms with E-state index in [1.54, 1.807) is 0 Å². The van der Waals surface area contributed by atoms with E-state index in [0.717, 1.165) is 0 Å². The van der Waals surface area contributed by atoms with Gasteiger partial charge >= 0.3 is 103 Å². The van der Waals surface area contributed by atoms with E-state index >= 15 is 0 Å². The van der Waals surface area contributed by atoms with E-state index in [1.807, 2.05) is 0 Å². The van der Waals surface area contributed by atoms with Crippen LogP contribution in [-0.2, 0) is 13.8 Å². The summed E-state index contributed by atoms with van der Waals surface area (Å²) >= 11 is 0.